The molecule has 6 aromatic rings. The van der Waals surface area contributed by atoms with Crippen molar-refractivity contribution in [2.75, 3.05) is 6.61 Å². The zero-order valence-corrected chi connectivity index (χ0v) is 41.2. The summed E-state index contributed by atoms with van der Waals surface area (Å²) in [5.41, 5.74) is 4.76. The van der Waals surface area contributed by atoms with Gasteiger partial charge in [0.05, 0.1) is 51.3 Å². The Morgan fingerprint density at radius 3 is 1.35 bits per heavy atom. The highest BCUT2D eigenvalue weighted by atomic mass is 35.6. The van der Waals surface area contributed by atoms with Gasteiger partial charge in [-0.25, -0.2) is 4.79 Å². The number of alkyl halides is 3. The maximum atomic E-state index is 14.2. The fraction of sp³-hybridized carbons (Fsp3) is 0.321. The van der Waals surface area contributed by atoms with Crippen LogP contribution in [0.1, 0.15) is 45.1 Å². The van der Waals surface area contributed by atoms with E-state index in [0.717, 1.165) is 27.8 Å². The van der Waals surface area contributed by atoms with Gasteiger partial charge in [0.15, 0.2) is 12.4 Å². The summed E-state index contributed by atoms with van der Waals surface area (Å²) in [4.78, 5) is 14.2. The molecule has 0 spiro atoms. The molecule has 0 unspecified atom stereocenters. The van der Waals surface area contributed by atoms with E-state index in [1.807, 2.05) is 152 Å². The van der Waals surface area contributed by atoms with Crippen molar-refractivity contribution >= 4 is 46.7 Å². The molecule has 2 aliphatic heterocycles. The van der Waals surface area contributed by atoms with Crippen molar-refractivity contribution in [2.24, 2.45) is 0 Å². The van der Waals surface area contributed by atoms with Crippen molar-refractivity contribution in [3.63, 3.8) is 0 Å². The van der Waals surface area contributed by atoms with Crippen LogP contribution in [0.4, 0.5) is 0 Å². The molecular formula is C56H56Cl3NO11. The summed E-state index contributed by atoms with van der Waals surface area (Å²) in [5, 5.41) is 8.63. The Bertz CT molecular complexity index is 2510. The lowest BCUT2D eigenvalue weighted by molar-refractivity contribution is -0.367. The molecule has 15 heteroatoms. The molecule has 6 aromatic carbocycles. The average Bonchev–Trinajstić information content (AvgIpc) is 3.39. The smallest absolute Gasteiger partial charge is 0.338 e. The number of carbonyl (C=O) groups is 1. The van der Waals surface area contributed by atoms with Crippen LogP contribution in [0.5, 0.6) is 0 Å². The molecule has 1 N–H and O–H groups in total. The van der Waals surface area contributed by atoms with Gasteiger partial charge in [0.1, 0.15) is 36.6 Å². The number of hydrogen-bond donors (Lipinski definition) is 1. The number of ether oxygens (including phenoxy) is 10. The number of hydrogen-bond acceptors (Lipinski definition) is 12. The van der Waals surface area contributed by atoms with Crippen LogP contribution in [-0.2, 0) is 80.4 Å². The topological polar surface area (TPSA) is 133 Å². The number of rotatable bonds is 21. The second kappa shape index (κ2) is 26.0. The van der Waals surface area contributed by atoms with E-state index < -0.39 is 77.1 Å². The number of esters is 1. The Balaban J connectivity index is 1.22. The third kappa shape index (κ3) is 14.9. The van der Waals surface area contributed by atoms with Gasteiger partial charge in [0, 0.05) is 0 Å². The van der Waals surface area contributed by atoms with Crippen LogP contribution in [0.25, 0.3) is 0 Å². The van der Waals surface area contributed by atoms with Gasteiger partial charge in [-0.3, -0.25) is 5.41 Å². The largest absolute Gasteiger partial charge is 0.449 e. The van der Waals surface area contributed by atoms with Gasteiger partial charge in [-0.15, -0.1) is 0 Å². The average molecular weight is 1030 g/mol. The molecule has 12 nitrogen and oxygen atoms in total. The summed E-state index contributed by atoms with van der Waals surface area (Å²) in [6, 6.07) is 57.1. The maximum Gasteiger partial charge on any atom is 0.338 e. The summed E-state index contributed by atoms with van der Waals surface area (Å²) in [6.45, 7) is 2.70. The third-order valence-corrected chi connectivity index (χ3v) is 12.4. The number of benzene rings is 6. The predicted molar refractivity (Wildman–Crippen MR) is 269 cm³/mol. The summed E-state index contributed by atoms with van der Waals surface area (Å²) < 4.78 is 64.8. The van der Waals surface area contributed by atoms with Gasteiger partial charge in [-0.05, 0) is 46.9 Å². The van der Waals surface area contributed by atoms with Crippen LogP contribution >= 0.6 is 34.8 Å². The summed E-state index contributed by atoms with van der Waals surface area (Å²) in [6.07, 6.45) is -10.9. The molecular weight excluding hydrogens is 969 g/mol. The molecule has 71 heavy (non-hydrogen) atoms. The molecule has 0 aliphatic carbocycles. The first kappa shape index (κ1) is 52.1. The Morgan fingerprint density at radius 2 is 0.887 bits per heavy atom. The molecule has 0 amide bonds. The van der Waals surface area contributed by atoms with Crippen molar-refractivity contribution in [1.82, 2.24) is 0 Å². The van der Waals surface area contributed by atoms with Crippen LogP contribution in [0.2, 0.25) is 0 Å². The maximum absolute atomic E-state index is 14.2. The molecule has 372 valence electrons. The quantitative estimate of drug-likeness (QED) is 0.0320. The normalized spacial score (nSPS) is 24.5. The molecule has 2 heterocycles. The zero-order valence-electron chi connectivity index (χ0n) is 39.0. The van der Waals surface area contributed by atoms with E-state index in [1.165, 1.54) is 0 Å². The van der Waals surface area contributed by atoms with E-state index in [2.05, 4.69) is 0 Å². The van der Waals surface area contributed by atoms with Crippen molar-refractivity contribution in [3.05, 3.63) is 215 Å². The van der Waals surface area contributed by atoms with Crippen molar-refractivity contribution < 1.29 is 52.2 Å². The van der Waals surface area contributed by atoms with Crippen molar-refractivity contribution in [2.45, 2.75) is 105 Å². The lowest BCUT2D eigenvalue weighted by Gasteiger charge is -2.49. The lowest BCUT2D eigenvalue weighted by Crippen LogP contribution is -2.66. The van der Waals surface area contributed by atoms with Gasteiger partial charge >= 0.3 is 5.97 Å². The summed E-state index contributed by atoms with van der Waals surface area (Å²) in [7, 11) is 0. The Morgan fingerprint density at radius 1 is 0.479 bits per heavy atom. The highest BCUT2D eigenvalue weighted by Gasteiger charge is 2.56. The fourth-order valence-electron chi connectivity index (χ4n) is 8.31. The van der Waals surface area contributed by atoms with Crippen LogP contribution in [0, 0.1) is 5.41 Å². The van der Waals surface area contributed by atoms with Crippen LogP contribution in [0.3, 0.4) is 0 Å². The molecule has 8 rings (SSSR count). The van der Waals surface area contributed by atoms with Gasteiger partial charge in [0.2, 0.25) is 12.2 Å². The Hall–Kier alpha value is -5.19. The van der Waals surface area contributed by atoms with Gasteiger partial charge in [-0.2, -0.15) is 0 Å². The van der Waals surface area contributed by atoms with E-state index in [9.17, 15) is 4.79 Å². The van der Waals surface area contributed by atoms with E-state index in [1.54, 1.807) is 37.3 Å². The number of nitrogens with one attached hydrogen (secondary N) is 1. The van der Waals surface area contributed by atoms with Crippen LogP contribution < -0.4 is 0 Å². The second-order valence-electron chi connectivity index (χ2n) is 17.1. The van der Waals surface area contributed by atoms with E-state index >= 15 is 0 Å². The van der Waals surface area contributed by atoms with Gasteiger partial charge < -0.3 is 47.4 Å². The first-order chi connectivity index (χ1) is 34.6. The number of halogens is 3. The third-order valence-electron chi connectivity index (χ3n) is 11.9. The van der Waals surface area contributed by atoms with Crippen LogP contribution in [0.15, 0.2) is 182 Å². The summed E-state index contributed by atoms with van der Waals surface area (Å²) >= 11 is 18.6. The van der Waals surface area contributed by atoms with Crippen LogP contribution in [-0.4, -0.2) is 83.7 Å². The zero-order chi connectivity index (χ0) is 49.4. The molecule has 10 atom stereocenters. The van der Waals surface area contributed by atoms with E-state index in [0.29, 0.717) is 0 Å². The highest BCUT2D eigenvalue weighted by molar-refractivity contribution is 6.76. The predicted octanol–water partition coefficient (Wildman–Crippen LogP) is 11.0. The monoisotopic (exact) mass is 1020 g/mol. The standard InChI is InChI=1S/C56H56Cl3NO11/c1-38-46(63-33-40-22-10-3-11-23-40)49(51(54(67-38)71-55(60)56(57,58)59)69-52(61)44-30-18-7-19-31-44)70-53-50(66-36-43-28-16-6-17-29-43)48(65-35-42-26-14-5-15-27-42)47(64-34-41-24-12-4-13-25-41)45(68-53)37-62-32-39-20-8-2-9-21-39/h2-31,38,45-51,53-54,60H,32-37H2,1H3/t38-,45+,46-,47+,48-,49+,50+,51+,53+,54+/m0/s1. The van der Waals surface area contributed by atoms with Crippen molar-refractivity contribution in [3.8, 4) is 0 Å². The van der Waals surface area contributed by atoms with E-state index in [-0.39, 0.29) is 45.2 Å². The Kier molecular flexibility index (Phi) is 19.1. The van der Waals surface area contributed by atoms with Gasteiger partial charge in [0.25, 0.3) is 3.79 Å². The minimum absolute atomic E-state index is 0.0432. The lowest BCUT2D eigenvalue weighted by atomic mass is 9.96. The van der Waals surface area contributed by atoms with E-state index in [4.69, 9.17) is 87.6 Å². The number of carbonyl (C=O) groups excluding carboxylic acids is 1. The minimum Gasteiger partial charge on any atom is -0.449 e. The molecule has 0 saturated carbocycles. The summed E-state index contributed by atoms with van der Waals surface area (Å²) in [5.74, 6) is -1.52. The van der Waals surface area contributed by atoms with Crippen molar-refractivity contribution in [1.29, 1.82) is 5.41 Å². The second-order valence-corrected chi connectivity index (χ2v) is 19.4. The molecule has 2 aliphatic rings. The Labute approximate surface area is 429 Å². The molecule has 0 radical (unpaired) electrons. The highest BCUT2D eigenvalue weighted by Crippen LogP contribution is 2.38. The SMILES string of the molecule is C[C@@H]1O[C@H](OC(=N)C(Cl)(Cl)Cl)[C@H](OC(=O)c2ccccc2)[C@H](O[C@H]2O[C@H](COCc3ccccc3)[C@@H](OCc3ccccc3)[C@H](OCc3ccccc3)[C@H]2OCc2ccccc2)[C@H]1OCc1ccccc1. The fourth-order valence-corrected chi connectivity index (χ4v) is 8.44. The molecule has 0 bridgehead atoms. The van der Waals surface area contributed by atoms with Gasteiger partial charge in [-0.1, -0.05) is 205 Å². The minimum atomic E-state index is -2.30. The first-order valence-electron chi connectivity index (χ1n) is 23.4. The first-order valence-corrected chi connectivity index (χ1v) is 24.5. The molecule has 2 fully saturated rings. The molecule has 2 saturated heterocycles. The molecule has 0 aromatic heterocycles.